The number of ether oxygens (including phenoxy) is 1. The zero-order valence-electron chi connectivity index (χ0n) is 13.5. The second-order valence-electron chi connectivity index (χ2n) is 6.05. The minimum Gasteiger partial charge on any atom is -0.378 e. The predicted molar refractivity (Wildman–Crippen MR) is 89.7 cm³/mol. The Labute approximate surface area is 137 Å². The Morgan fingerprint density at radius 3 is 2.59 bits per heavy atom. The Hall–Kier alpha value is -0.790. The normalized spacial score (nSPS) is 20.5. The molecule has 7 heteroatoms. The van der Waals surface area contributed by atoms with Gasteiger partial charge in [-0.3, -0.25) is 4.57 Å². The van der Waals surface area contributed by atoms with Crippen LogP contribution in [0.2, 0.25) is 0 Å². The third kappa shape index (κ3) is 4.14. The number of nitrogens with zero attached hydrogens (tertiary/aromatic N) is 5. The summed E-state index contributed by atoms with van der Waals surface area (Å²) < 4.78 is 7.52. The number of hydrogen-bond acceptors (Lipinski definition) is 6. The Balaban J connectivity index is 1.43. The van der Waals surface area contributed by atoms with Gasteiger partial charge in [-0.05, 0) is 38.9 Å². The molecular formula is C15H27N5OS. The van der Waals surface area contributed by atoms with E-state index in [1.807, 2.05) is 11.8 Å². The molecule has 3 heterocycles. The first kappa shape index (κ1) is 16.1. The van der Waals surface area contributed by atoms with Crippen molar-refractivity contribution in [3.05, 3.63) is 0 Å². The Bertz CT molecular complexity index is 455. The lowest BCUT2D eigenvalue weighted by atomic mass is 10.1. The van der Waals surface area contributed by atoms with Crippen molar-refractivity contribution in [2.24, 2.45) is 7.05 Å². The van der Waals surface area contributed by atoms with E-state index in [2.05, 4.69) is 31.6 Å². The monoisotopic (exact) mass is 325 g/mol. The van der Waals surface area contributed by atoms with Gasteiger partial charge in [0.15, 0.2) is 5.16 Å². The maximum absolute atomic E-state index is 5.40. The summed E-state index contributed by atoms with van der Waals surface area (Å²) in [6.07, 6.45) is 5.39. The summed E-state index contributed by atoms with van der Waals surface area (Å²) in [6.45, 7) is 7.18. The van der Waals surface area contributed by atoms with Gasteiger partial charge in [-0.1, -0.05) is 18.2 Å². The van der Waals surface area contributed by atoms with E-state index in [0.717, 1.165) is 43.2 Å². The number of likely N-dealkylation sites (tertiary alicyclic amines) is 1. The van der Waals surface area contributed by atoms with Gasteiger partial charge in [-0.2, -0.15) is 0 Å². The first-order valence-corrected chi connectivity index (χ1v) is 9.40. The van der Waals surface area contributed by atoms with E-state index in [9.17, 15) is 0 Å². The standard InChI is InChI=1S/C15H27N5OS/c1-18-14(20-9-11-21-12-10-20)16-17-15(18)22-13-5-8-19-6-3-2-4-7-19/h2-13H2,1H3. The van der Waals surface area contributed by atoms with Crippen molar-refractivity contribution < 1.29 is 4.74 Å². The van der Waals surface area contributed by atoms with Crippen molar-refractivity contribution in [1.82, 2.24) is 19.7 Å². The molecule has 2 fully saturated rings. The van der Waals surface area contributed by atoms with Gasteiger partial charge >= 0.3 is 0 Å². The van der Waals surface area contributed by atoms with Crippen LogP contribution < -0.4 is 4.90 Å². The van der Waals surface area contributed by atoms with E-state index in [1.165, 1.54) is 45.3 Å². The molecule has 6 nitrogen and oxygen atoms in total. The topological polar surface area (TPSA) is 46.4 Å². The molecule has 0 bridgehead atoms. The van der Waals surface area contributed by atoms with Crippen LogP contribution in [0.4, 0.5) is 5.95 Å². The van der Waals surface area contributed by atoms with Crippen molar-refractivity contribution in [3.63, 3.8) is 0 Å². The fraction of sp³-hybridized carbons (Fsp3) is 0.867. The summed E-state index contributed by atoms with van der Waals surface area (Å²) >= 11 is 1.83. The highest BCUT2D eigenvalue weighted by atomic mass is 32.2. The van der Waals surface area contributed by atoms with E-state index in [-0.39, 0.29) is 0 Å². The molecule has 0 radical (unpaired) electrons. The second-order valence-corrected chi connectivity index (χ2v) is 7.11. The molecule has 2 aliphatic rings. The maximum Gasteiger partial charge on any atom is 0.227 e. The molecule has 0 saturated carbocycles. The number of rotatable bonds is 6. The number of aromatic nitrogens is 3. The first-order chi connectivity index (χ1) is 10.8. The van der Waals surface area contributed by atoms with E-state index in [0.29, 0.717) is 0 Å². The summed E-state index contributed by atoms with van der Waals surface area (Å²) in [7, 11) is 2.07. The van der Waals surface area contributed by atoms with Gasteiger partial charge in [0.1, 0.15) is 0 Å². The van der Waals surface area contributed by atoms with Gasteiger partial charge in [0, 0.05) is 25.9 Å². The summed E-state index contributed by atoms with van der Waals surface area (Å²) in [5.41, 5.74) is 0. The third-order valence-electron chi connectivity index (χ3n) is 4.40. The summed E-state index contributed by atoms with van der Waals surface area (Å²) in [5.74, 6) is 2.09. The van der Waals surface area contributed by atoms with Crippen LogP contribution in [0.1, 0.15) is 25.7 Å². The molecule has 2 aliphatic heterocycles. The minimum absolute atomic E-state index is 0.783. The summed E-state index contributed by atoms with van der Waals surface area (Å²) in [5, 5.41) is 9.74. The molecule has 124 valence electrons. The van der Waals surface area contributed by atoms with E-state index in [4.69, 9.17) is 4.74 Å². The Morgan fingerprint density at radius 2 is 1.82 bits per heavy atom. The van der Waals surface area contributed by atoms with Crippen LogP contribution in [-0.2, 0) is 11.8 Å². The number of thioether (sulfide) groups is 1. The molecule has 1 aromatic heterocycles. The lowest BCUT2D eigenvalue weighted by molar-refractivity contribution is 0.121. The van der Waals surface area contributed by atoms with Gasteiger partial charge in [0.25, 0.3) is 0 Å². The van der Waals surface area contributed by atoms with E-state index in [1.54, 1.807) is 0 Å². The fourth-order valence-electron chi connectivity index (χ4n) is 3.11. The minimum atomic E-state index is 0.783. The average Bonchev–Trinajstić information content (AvgIpc) is 2.94. The maximum atomic E-state index is 5.40. The molecular weight excluding hydrogens is 298 g/mol. The molecule has 1 aromatic rings. The van der Waals surface area contributed by atoms with Crippen LogP contribution in [0.5, 0.6) is 0 Å². The largest absolute Gasteiger partial charge is 0.378 e. The number of anilines is 1. The SMILES string of the molecule is Cn1c(SCCCN2CCCCC2)nnc1N1CCOCC1. The molecule has 2 saturated heterocycles. The average molecular weight is 325 g/mol. The van der Waals surface area contributed by atoms with Gasteiger partial charge in [0.2, 0.25) is 5.95 Å². The van der Waals surface area contributed by atoms with Crippen molar-refractivity contribution >= 4 is 17.7 Å². The Morgan fingerprint density at radius 1 is 1.05 bits per heavy atom. The predicted octanol–water partition coefficient (Wildman–Crippen LogP) is 1.62. The Kier molecular flexibility index (Phi) is 5.97. The van der Waals surface area contributed by atoms with E-state index < -0.39 is 0 Å². The number of hydrogen-bond donors (Lipinski definition) is 0. The molecule has 0 aliphatic carbocycles. The zero-order chi connectivity index (χ0) is 15.2. The van der Waals surface area contributed by atoms with Crippen LogP contribution in [0.3, 0.4) is 0 Å². The fourth-order valence-corrected chi connectivity index (χ4v) is 3.94. The molecule has 3 rings (SSSR count). The van der Waals surface area contributed by atoms with Crippen LogP contribution in [0.25, 0.3) is 0 Å². The lowest BCUT2D eigenvalue weighted by Gasteiger charge is -2.27. The van der Waals surface area contributed by atoms with Crippen LogP contribution in [-0.4, -0.2) is 71.4 Å². The van der Waals surface area contributed by atoms with Gasteiger partial charge < -0.3 is 14.5 Å². The quantitative estimate of drug-likeness (QED) is 0.585. The molecule has 0 spiro atoms. The molecule has 0 amide bonds. The second kappa shape index (κ2) is 8.17. The molecule has 0 unspecified atom stereocenters. The molecule has 0 aromatic carbocycles. The van der Waals surface area contributed by atoms with Crippen molar-refractivity contribution in [2.45, 2.75) is 30.8 Å². The molecule has 0 N–H and O–H groups in total. The number of piperidine rings is 1. The van der Waals surface area contributed by atoms with E-state index >= 15 is 0 Å². The lowest BCUT2D eigenvalue weighted by Crippen LogP contribution is -2.37. The van der Waals surface area contributed by atoms with Crippen molar-refractivity contribution in [3.8, 4) is 0 Å². The highest BCUT2D eigenvalue weighted by Gasteiger charge is 2.18. The molecule has 0 atom stereocenters. The number of morpholine rings is 1. The van der Waals surface area contributed by atoms with Crippen molar-refractivity contribution in [1.29, 1.82) is 0 Å². The zero-order valence-corrected chi connectivity index (χ0v) is 14.4. The van der Waals surface area contributed by atoms with Gasteiger partial charge in [-0.25, -0.2) is 0 Å². The summed E-state index contributed by atoms with van der Waals surface area (Å²) in [4.78, 5) is 4.86. The van der Waals surface area contributed by atoms with Gasteiger partial charge in [0.05, 0.1) is 13.2 Å². The van der Waals surface area contributed by atoms with Crippen molar-refractivity contribution in [2.75, 3.05) is 56.6 Å². The highest BCUT2D eigenvalue weighted by molar-refractivity contribution is 7.99. The molecule has 22 heavy (non-hydrogen) atoms. The van der Waals surface area contributed by atoms with Crippen LogP contribution in [0, 0.1) is 0 Å². The van der Waals surface area contributed by atoms with Crippen LogP contribution in [0.15, 0.2) is 5.16 Å². The highest BCUT2D eigenvalue weighted by Crippen LogP contribution is 2.22. The third-order valence-corrected chi connectivity index (χ3v) is 5.51. The van der Waals surface area contributed by atoms with Gasteiger partial charge in [-0.15, -0.1) is 10.2 Å². The first-order valence-electron chi connectivity index (χ1n) is 8.42. The summed E-state index contributed by atoms with van der Waals surface area (Å²) in [6, 6.07) is 0. The van der Waals surface area contributed by atoms with Crippen LogP contribution >= 0.6 is 11.8 Å². The smallest absolute Gasteiger partial charge is 0.227 e.